The van der Waals surface area contributed by atoms with Crippen molar-refractivity contribution in [3.8, 4) is 0 Å². The maximum Gasteiger partial charge on any atom is 0.223 e. The molecular weight excluding hydrogens is 246 g/mol. The van der Waals surface area contributed by atoms with Crippen LogP contribution >= 0.6 is 11.3 Å². The first-order valence-electron chi connectivity index (χ1n) is 6.42. The number of methoxy groups -OCH3 is 1. The Morgan fingerprint density at radius 2 is 2.28 bits per heavy atom. The Balaban J connectivity index is 2.42. The Bertz CT molecular complexity index is 336. The summed E-state index contributed by atoms with van der Waals surface area (Å²) in [7, 11) is 1.67. The quantitative estimate of drug-likeness (QED) is 0.726. The highest BCUT2D eigenvalue weighted by atomic mass is 32.1. The fraction of sp³-hybridized carbons (Fsp3) is 0.643. The second kappa shape index (κ2) is 8.27. The molecule has 0 unspecified atom stereocenters. The Morgan fingerprint density at radius 1 is 1.50 bits per heavy atom. The van der Waals surface area contributed by atoms with Gasteiger partial charge in [0.05, 0.1) is 6.61 Å². The number of nitrogens with zero attached hydrogens (tertiary/aromatic N) is 1. The summed E-state index contributed by atoms with van der Waals surface area (Å²) in [6.07, 6.45) is 1.44. The van der Waals surface area contributed by atoms with E-state index in [2.05, 4.69) is 25.3 Å². The van der Waals surface area contributed by atoms with Gasteiger partial charge in [-0.15, -0.1) is 11.3 Å². The number of ether oxygens (including phenoxy) is 1. The molecule has 4 heteroatoms. The van der Waals surface area contributed by atoms with Crippen molar-refractivity contribution >= 4 is 17.2 Å². The number of hydrogen-bond donors (Lipinski definition) is 0. The van der Waals surface area contributed by atoms with Crippen molar-refractivity contribution in [1.82, 2.24) is 4.90 Å². The molecule has 1 heterocycles. The first-order valence-corrected chi connectivity index (χ1v) is 7.30. The lowest BCUT2D eigenvalue weighted by molar-refractivity contribution is -0.132. The normalized spacial score (nSPS) is 10.9. The van der Waals surface area contributed by atoms with Crippen LogP contribution in [-0.4, -0.2) is 37.6 Å². The van der Waals surface area contributed by atoms with Crippen molar-refractivity contribution in [2.45, 2.75) is 26.7 Å². The summed E-state index contributed by atoms with van der Waals surface area (Å²) in [5, 5.41) is 2.05. The minimum atomic E-state index is 0.231. The van der Waals surface area contributed by atoms with Crippen molar-refractivity contribution in [1.29, 1.82) is 0 Å². The van der Waals surface area contributed by atoms with E-state index >= 15 is 0 Å². The van der Waals surface area contributed by atoms with E-state index in [-0.39, 0.29) is 5.91 Å². The number of aryl methyl sites for hydroxylation is 1. The van der Waals surface area contributed by atoms with Crippen molar-refractivity contribution in [3.63, 3.8) is 0 Å². The molecule has 0 aliphatic heterocycles. The van der Waals surface area contributed by atoms with Crippen molar-refractivity contribution in [2.24, 2.45) is 5.92 Å². The van der Waals surface area contributed by atoms with Gasteiger partial charge in [-0.2, -0.15) is 0 Å². The molecule has 0 radical (unpaired) electrons. The van der Waals surface area contributed by atoms with Gasteiger partial charge in [0.15, 0.2) is 0 Å². The first-order chi connectivity index (χ1) is 8.63. The van der Waals surface area contributed by atoms with Gasteiger partial charge >= 0.3 is 0 Å². The zero-order valence-electron chi connectivity index (χ0n) is 11.5. The summed E-state index contributed by atoms with van der Waals surface area (Å²) in [5.41, 5.74) is 0. The molecule has 0 spiro atoms. The molecule has 1 rings (SSSR count). The van der Waals surface area contributed by atoms with Gasteiger partial charge in [-0.1, -0.05) is 19.9 Å². The maximum absolute atomic E-state index is 12.2. The summed E-state index contributed by atoms with van der Waals surface area (Å²) in [6, 6.07) is 4.11. The smallest absolute Gasteiger partial charge is 0.223 e. The summed E-state index contributed by atoms with van der Waals surface area (Å²) < 4.78 is 5.06. The Hall–Kier alpha value is -0.870. The van der Waals surface area contributed by atoms with Crippen LogP contribution in [0.5, 0.6) is 0 Å². The minimum absolute atomic E-state index is 0.231. The van der Waals surface area contributed by atoms with E-state index in [9.17, 15) is 4.79 Å². The lowest BCUT2D eigenvalue weighted by atomic mass is 10.2. The largest absolute Gasteiger partial charge is 0.383 e. The van der Waals surface area contributed by atoms with E-state index in [0.29, 0.717) is 25.5 Å². The summed E-state index contributed by atoms with van der Waals surface area (Å²) >= 11 is 1.71. The second-order valence-corrected chi connectivity index (χ2v) is 5.84. The van der Waals surface area contributed by atoms with E-state index < -0.39 is 0 Å². The number of hydrogen-bond acceptors (Lipinski definition) is 3. The predicted molar refractivity (Wildman–Crippen MR) is 75.9 cm³/mol. The third-order valence-corrected chi connectivity index (χ3v) is 3.61. The van der Waals surface area contributed by atoms with Crippen LogP contribution in [0.4, 0.5) is 0 Å². The molecule has 0 atom stereocenters. The van der Waals surface area contributed by atoms with Gasteiger partial charge in [0.2, 0.25) is 5.91 Å². The Labute approximate surface area is 114 Å². The van der Waals surface area contributed by atoms with E-state index in [1.807, 2.05) is 11.0 Å². The molecule has 0 aromatic carbocycles. The molecule has 0 saturated carbocycles. The van der Waals surface area contributed by atoms with Gasteiger partial charge in [0.25, 0.3) is 0 Å². The van der Waals surface area contributed by atoms with Crippen molar-refractivity contribution in [2.75, 3.05) is 26.8 Å². The molecule has 1 aromatic heterocycles. The standard InChI is InChI=1S/C14H23NO2S/c1-12(2)11-15(8-9-17-3)14(16)7-6-13-5-4-10-18-13/h4-5,10,12H,6-9,11H2,1-3H3. The molecule has 0 bridgehead atoms. The first kappa shape index (κ1) is 15.2. The molecule has 0 N–H and O–H groups in total. The minimum Gasteiger partial charge on any atom is -0.383 e. The molecule has 1 aromatic rings. The van der Waals surface area contributed by atoms with E-state index in [1.54, 1.807) is 18.4 Å². The van der Waals surface area contributed by atoms with Gasteiger partial charge in [-0.05, 0) is 23.8 Å². The lowest BCUT2D eigenvalue weighted by Crippen LogP contribution is -2.36. The summed E-state index contributed by atoms with van der Waals surface area (Å²) in [6.45, 7) is 6.38. The van der Waals surface area contributed by atoms with E-state index in [4.69, 9.17) is 4.74 Å². The predicted octanol–water partition coefficient (Wildman–Crippen LogP) is 2.81. The van der Waals surface area contributed by atoms with Crippen molar-refractivity contribution in [3.05, 3.63) is 22.4 Å². The average Bonchev–Trinajstić information content (AvgIpc) is 2.84. The average molecular weight is 269 g/mol. The molecule has 3 nitrogen and oxygen atoms in total. The highest BCUT2D eigenvalue weighted by molar-refractivity contribution is 7.09. The van der Waals surface area contributed by atoms with Gasteiger partial charge < -0.3 is 9.64 Å². The van der Waals surface area contributed by atoms with Crippen LogP contribution in [0.3, 0.4) is 0 Å². The fourth-order valence-corrected chi connectivity index (χ4v) is 2.51. The van der Waals surface area contributed by atoms with Crippen LogP contribution < -0.4 is 0 Å². The number of carbonyl (C=O) groups is 1. The molecule has 0 aliphatic carbocycles. The second-order valence-electron chi connectivity index (χ2n) is 4.81. The molecule has 102 valence electrons. The van der Waals surface area contributed by atoms with Crippen LogP contribution in [0.2, 0.25) is 0 Å². The van der Waals surface area contributed by atoms with Crippen LogP contribution in [0, 0.1) is 5.92 Å². The third-order valence-electron chi connectivity index (χ3n) is 2.67. The molecule has 0 aliphatic rings. The lowest BCUT2D eigenvalue weighted by Gasteiger charge is -2.24. The highest BCUT2D eigenvalue weighted by Crippen LogP contribution is 2.12. The van der Waals surface area contributed by atoms with Crippen LogP contribution in [0.25, 0.3) is 0 Å². The molecule has 0 fully saturated rings. The van der Waals surface area contributed by atoms with Gasteiger partial charge in [-0.3, -0.25) is 4.79 Å². The number of amides is 1. The zero-order valence-corrected chi connectivity index (χ0v) is 12.3. The maximum atomic E-state index is 12.2. The van der Waals surface area contributed by atoms with Crippen molar-refractivity contribution < 1.29 is 9.53 Å². The monoisotopic (exact) mass is 269 g/mol. The Morgan fingerprint density at radius 3 is 2.83 bits per heavy atom. The summed E-state index contributed by atoms with van der Waals surface area (Å²) in [4.78, 5) is 15.4. The Kier molecular flexibility index (Phi) is 6.98. The highest BCUT2D eigenvalue weighted by Gasteiger charge is 2.14. The van der Waals surface area contributed by atoms with Crippen LogP contribution in [0.15, 0.2) is 17.5 Å². The summed E-state index contributed by atoms with van der Waals surface area (Å²) in [5.74, 6) is 0.724. The van der Waals surface area contributed by atoms with Gasteiger partial charge in [0.1, 0.15) is 0 Å². The topological polar surface area (TPSA) is 29.5 Å². The van der Waals surface area contributed by atoms with Gasteiger partial charge in [-0.25, -0.2) is 0 Å². The zero-order chi connectivity index (χ0) is 13.4. The van der Waals surface area contributed by atoms with Gasteiger partial charge in [0, 0.05) is 31.5 Å². The number of rotatable bonds is 8. The van der Waals surface area contributed by atoms with Crippen LogP contribution in [-0.2, 0) is 16.0 Å². The number of thiophene rings is 1. The van der Waals surface area contributed by atoms with Crippen LogP contribution in [0.1, 0.15) is 25.1 Å². The van der Waals surface area contributed by atoms with E-state index in [1.165, 1.54) is 4.88 Å². The molecule has 1 amide bonds. The van der Waals surface area contributed by atoms with E-state index in [0.717, 1.165) is 13.0 Å². The SMILES string of the molecule is COCCN(CC(C)C)C(=O)CCc1cccs1. The molecular formula is C14H23NO2S. The molecule has 0 saturated heterocycles. The molecule has 18 heavy (non-hydrogen) atoms. The third kappa shape index (κ3) is 5.65. The fourth-order valence-electron chi connectivity index (χ4n) is 1.80. The number of carbonyl (C=O) groups excluding carboxylic acids is 1.